The van der Waals surface area contributed by atoms with E-state index in [1.807, 2.05) is 0 Å². The molecule has 0 saturated carbocycles. The van der Waals surface area contributed by atoms with Crippen molar-refractivity contribution < 1.29 is 29.1 Å². The molecule has 13 nitrogen and oxygen atoms in total. The lowest BCUT2D eigenvalue weighted by atomic mass is 9.95. The van der Waals surface area contributed by atoms with Gasteiger partial charge in [-0.3, -0.25) is 24.1 Å². The lowest BCUT2D eigenvalue weighted by Gasteiger charge is -2.49. The van der Waals surface area contributed by atoms with E-state index in [1.54, 1.807) is 13.8 Å². The number of fused-ring (bicyclic) bond motifs is 1. The Kier molecular flexibility index (Phi) is 6.38. The molecule has 2 aliphatic rings. The number of anilines is 1. The minimum Gasteiger partial charge on any atom is -0.486 e. The Labute approximate surface area is 205 Å². The number of carboxylic acid groups (broad SMARTS) is 1. The van der Waals surface area contributed by atoms with Crippen LogP contribution in [-0.4, -0.2) is 68.9 Å². The molecule has 1 aromatic carbocycles. The van der Waals surface area contributed by atoms with Gasteiger partial charge in [0.25, 0.3) is 17.2 Å². The van der Waals surface area contributed by atoms with Crippen LogP contribution >= 0.6 is 23.1 Å². The quantitative estimate of drug-likeness (QED) is 0.173. The van der Waals surface area contributed by atoms with Crippen LogP contribution in [-0.2, 0) is 19.2 Å². The topological polar surface area (TPSA) is 191 Å². The molecule has 1 fully saturated rings. The van der Waals surface area contributed by atoms with Crippen LogP contribution in [0.2, 0.25) is 0 Å². The molecule has 15 heteroatoms. The van der Waals surface area contributed by atoms with Crippen molar-refractivity contribution in [1.82, 2.24) is 15.2 Å². The van der Waals surface area contributed by atoms with Gasteiger partial charge in [0.2, 0.25) is 5.43 Å². The number of nitrogen functional groups attached to an aromatic ring is 1. The van der Waals surface area contributed by atoms with Crippen molar-refractivity contribution in [1.29, 1.82) is 0 Å². The van der Waals surface area contributed by atoms with Crippen molar-refractivity contribution in [2.24, 2.45) is 5.16 Å². The van der Waals surface area contributed by atoms with E-state index in [1.165, 1.54) is 12.5 Å². The van der Waals surface area contributed by atoms with Crippen LogP contribution in [0.4, 0.5) is 5.13 Å². The normalized spacial score (nSPS) is 20.1. The third-order valence-electron chi connectivity index (χ3n) is 5.14. The number of nitrogens with zero attached hydrogens (tertiary/aromatic N) is 3. The van der Waals surface area contributed by atoms with Crippen LogP contribution in [0.5, 0.6) is 5.75 Å². The number of ether oxygens (including phenoxy) is 1. The molecule has 35 heavy (non-hydrogen) atoms. The summed E-state index contributed by atoms with van der Waals surface area (Å²) in [5, 5.41) is 17.0. The van der Waals surface area contributed by atoms with Crippen molar-refractivity contribution in [3.8, 4) is 5.75 Å². The highest BCUT2D eigenvalue weighted by Gasteiger charge is 2.55. The predicted octanol–water partition coefficient (Wildman–Crippen LogP) is -0.645. The molecule has 0 aliphatic carbocycles. The first-order valence-corrected chi connectivity index (χ1v) is 12.0. The molecular weight excluding hydrogens is 502 g/mol. The standard InChI is InChI=1S/C20H19N5O8S2/c1-6(2)33-15-9(13(26)14(15)27)7-4-34-18-11(17(29)25(18)12(7)19(30)31)23-16(28)10(24-32-3)8-5-35-20(21)22-8/h5-6,11,18H,4H2,1-3H3,(H2,21,22)(H,23,28)(H,30,31)/t11?,18-/m0/s1. The van der Waals surface area contributed by atoms with E-state index < -0.39 is 51.9 Å². The molecule has 0 bridgehead atoms. The number of thioether (sulfide) groups is 1. The van der Waals surface area contributed by atoms with Crippen LogP contribution in [0.3, 0.4) is 0 Å². The minimum absolute atomic E-state index is 0.00337. The van der Waals surface area contributed by atoms with Gasteiger partial charge in [0.05, 0.1) is 11.7 Å². The number of hydrogen-bond donors (Lipinski definition) is 3. The number of β-lactam (4-membered cyclic amide) rings is 1. The Morgan fingerprint density at radius 1 is 1.31 bits per heavy atom. The number of oxime groups is 1. The van der Waals surface area contributed by atoms with Gasteiger partial charge in [-0.1, -0.05) is 5.16 Å². The first-order valence-electron chi connectivity index (χ1n) is 10.1. The van der Waals surface area contributed by atoms with Gasteiger partial charge in [-0.25, -0.2) is 9.78 Å². The van der Waals surface area contributed by atoms with Gasteiger partial charge in [0.15, 0.2) is 16.6 Å². The van der Waals surface area contributed by atoms with E-state index in [2.05, 4.69) is 15.5 Å². The molecule has 1 unspecified atom stereocenters. The second kappa shape index (κ2) is 9.14. The molecule has 2 aromatic rings. The Bertz CT molecular complexity index is 1370. The number of thiazole rings is 1. The van der Waals surface area contributed by atoms with Gasteiger partial charge in [-0.05, 0) is 13.8 Å². The van der Waals surface area contributed by atoms with Crippen LogP contribution in [0.15, 0.2) is 25.8 Å². The van der Waals surface area contributed by atoms with E-state index in [0.29, 0.717) is 0 Å². The maximum absolute atomic E-state index is 12.9. The zero-order valence-electron chi connectivity index (χ0n) is 18.6. The molecular formula is C20H19N5O8S2. The fourth-order valence-corrected chi connectivity index (χ4v) is 5.61. The van der Waals surface area contributed by atoms with Crippen molar-refractivity contribution in [3.63, 3.8) is 0 Å². The summed E-state index contributed by atoms with van der Waals surface area (Å²) in [7, 11) is 1.24. The first-order chi connectivity index (χ1) is 16.6. The SMILES string of the molecule is CON=C(C(=O)NC1C(=O)N2C(C(=O)O)=C(c3c(OC(C)C)c(=O)c3=O)CS[C@@H]12)c1csc(N)n1. The van der Waals surface area contributed by atoms with E-state index in [0.717, 1.165) is 28.0 Å². The molecule has 0 radical (unpaired) electrons. The molecule has 2 aliphatic heterocycles. The summed E-state index contributed by atoms with van der Waals surface area (Å²) >= 11 is 2.22. The lowest BCUT2D eigenvalue weighted by Crippen LogP contribution is -2.71. The third-order valence-corrected chi connectivity index (χ3v) is 7.10. The molecule has 1 aromatic heterocycles. The largest absolute Gasteiger partial charge is 0.486 e. The van der Waals surface area contributed by atoms with Crippen molar-refractivity contribution in [2.75, 3.05) is 18.6 Å². The monoisotopic (exact) mass is 521 g/mol. The number of aliphatic carboxylic acids is 1. The highest BCUT2D eigenvalue weighted by atomic mass is 32.2. The van der Waals surface area contributed by atoms with Crippen LogP contribution in [0, 0.1) is 0 Å². The van der Waals surface area contributed by atoms with Crippen molar-refractivity contribution in [2.45, 2.75) is 31.4 Å². The molecule has 3 heterocycles. The minimum atomic E-state index is -1.45. The highest BCUT2D eigenvalue weighted by Crippen LogP contribution is 2.44. The predicted molar refractivity (Wildman–Crippen MR) is 127 cm³/mol. The summed E-state index contributed by atoms with van der Waals surface area (Å²) in [6.45, 7) is 3.32. The molecule has 1 saturated heterocycles. The zero-order valence-corrected chi connectivity index (χ0v) is 20.2. The maximum atomic E-state index is 12.9. The molecule has 184 valence electrons. The second-order valence-corrected chi connectivity index (χ2v) is 9.71. The first kappa shape index (κ1) is 24.4. The van der Waals surface area contributed by atoms with E-state index in [-0.39, 0.29) is 39.2 Å². The maximum Gasteiger partial charge on any atom is 0.352 e. The zero-order chi connectivity index (χ0) is 25.6. The van der Waals surface area contributed by atoms with E-state index in [9.17, 15) is 29.1 Å². The van der Waals surface area contributed by atoms with Crippen LogP contribution in [0.25, 0.3) is 5.57 Å². The molecule has 2 atom stereocenters. The summed E-state index contributed by atoms with van der Waals surface area (Å²) in [5.74, 6) is -3.13. The number of carbonyl (C=O) groups excluding carboxylic acids is 2. The summed E-state index contributed by atoms with van der Waals surface area (Å²) in [6.07, 6.45) is -0.420. The second-order valence-electron chi connectivity index (χ2n) is 7.72. The number of carbonyl (C=O) groups is 3. The number of nitrogens with one attached hydrogen (secondary N) is 1. The fourth-order valence-electron chi connectivity index (χ4n) is 3.71. The van der Waals surface area contributed by atoms with Gasteiger partial charge < -0.3 is 25.7 Å². The van der Waals surface area contributed by atoms with Crippen LogP contribution < -0.4 is 26.6 Å². The smallest absolute Gasteiger partial charge is 0.352 e. The Morgan fingerprint density at radius 3 is 2.60 bits per heavy atom. The number of amides is 2. The van der Waals surface area contributed by atoms with Crippen molar-refractivity contribution in [3.05, 3.63) is 42.8 Å². The van der Waals surface area contributed by atoms with E-state index >= 15 is 0 Å². The van der Waals surface area contributed by atoms with Gasteiger partial charge >= 0.3 is 5.97 Å². The Morgan fingerprint density at radius 2 is 2.03 bits per heavy atom. The number of rotatable bonds is 8. The summed E-state index contributed by atoms with van der Waals surface area (Å²) in [6, 6.07) is -1.07. The Hall–Kier alpha value is -3.72. The van der Waals surface area contributed by atoms with E-state index in [4.69, 9.17) is 15.3 Å². The van der Waals surface area contributed by atoms with Gasteiger partial charge in [0, 0.05) is 16.7 Å². The summed E-state index contributed by atoms with van der Waals surface area (Å²) in [5.41, 5.74) is 3.31. The average Bonchev–Trinajstić information content (AvgIpc) is 3.24. The lowest BCUT2D eigenvalue weighted by molar-refractivity contribution is -0.149. The van der Waals surface area contributed by atoms with Gasteiger partial charge in [0.1, 0.15) is 29.9 Å². The fraction of sp³-hybridized carbons (Fsp3) is 0.350. The number of aromatic nitrogens is 1. The summed E-state index contributed by atoms with van der Waals surface area (Å²) < 4.78 is 5.41. The number of carboxylic acids is 1. The third kappa shape index (κ3) is 4.05. The molecule has 2 amide bonds. The molecule has 4 rings (SSSR count). The van der Waals surface area contributed by atoms with Crippen molar-refractivity contribution >= 4 is 57.3 Å². The van der Waals surface area contributed by atoms with Gasteiger partial charge in [-0.15, -0.1) is 23.1 Å². The average molecular weight is 522 g/mol. The number of nitrogens with two attached hydrogens (primary N) is 1. The molecule has 4 N–H and O–H groups in total. The number of hydrogen-bond acceptors (Lipinski definition) is 12. The molecule has 0 spiro atoms. The van der Waals surface area contributed by atoms with Crippen LogP contribution in [0.1, 0.15) is 25.1 Å². The van der Waals surface area contributed by atoms with Gasteiger partial charge in [-0.2, -0.15) is 0 Å². The summed E-state index contributed by atoms with van der Waals surface area (Å²) in [4.78, 5) is 71.8. The Balaban J connectivity index is 1.62. The highest BCUT2D eigenvalue weighted by molar-refractivity contribution is 8.00.